The summed E-state index contributed by atoms with van der Waals surface area (Å²) in [6, 6.07) is 10.5. The number of rotatable bonds is 5. The van der Waals surface area contributed by atoms with Crippen LogP contribution in [-0.4, -0.2) is 55.7 Å². The maximum atomic E-state index is 13.9. The summed E-state index contributed by atoms with van der Waals surface area (Å²) in [6.45, 7) is 2.78. The van der Waals surface area contributed by atoms with Crippen LogP contribution in [0.15, 0.2) is 54.9 Å². The Morgan fingerprint density at radius 3 is 2.35 bits per heavy atom. The fraction of sp³-hybridized carbons (Fsp3) is 0.292. The van der Waals surface area contributed by atoms with Crippen molar-refractivity contribution in [3.05, 3.63) is 71.0 Å². The number of likely N-dealkylation sites (N-methyl/N-ethyl adjacent to an activating group) is 1. The summed E-state index contributed by atoms with van der Waals surface area (Å²) in [4.78, 5) is 17.0. The van der Waals surface area contributed by atoms with Gasteiger partial charge in [0.15, 0.2) is 0 Å². The van der Waals surface area contributed by atoms with Gasteiger partial charge in [-0.05, 0) is 43.4 Å². The Kier molecular flexibility index (Phi) is 6.77. The topological polar surface area (TPSA) is 49.7 Å². The third kappa shape index (κ3) is 5.00. The smallest absolute Gasteiger partial charge is 0.418 e. The number of carbonyl (C=O) groups is 1. The highest BCUT2D eigenvalue weighted by Gasteiger charge is 2.35. The fourth-order valence-corrected chi connectivity index (χ4v) is 4.17. The van der Waals surface area contributed by atoms with Crippen LogP contribution in [0.2, 0.25) is 5.02 Å². The van der Waals surface area contributed by atoms with Gasteiger partial charge in [-0.3, -0.25) is 4.79 Å². The number of methoxy groups -OCH3 is 1. The van der Waals surface area contributed by atoms with E-state index in [2.05, 4.69) is 10.2 Å². The molecule has 180 valence electrons. The monoisotopic (exact) mass is 492 g/mol. The first-order chi connectivity index (χ1) is 16.2. The number of ether oxygens (including phenoxy) is 1. The Balaban J connectivity index is 1.64. The molecule has 1 saturated heterocycles. The van der Waals surface area contributed by atoms with E-state index in [0.29, 0.717) is 24.5 Å². The average Bonchev–Trinajstić information content (AvgIpc) is 3.33. The van der Waals surface area contributed by atoms with Gasteiger partial charge in [-0.15, -0.1) is 0 Å². The SMILES string of the molecule is COc1cc(-n2cccc2)c(Cl)cc1C(=O)Nc1ccc(N2CCN(C)CC2)cc1C(F)(F)F. The molecule has 6 nitrogen and oxygen atoms in total. The number of hydrogen-bond acceptors (Lipinski definition) is 4. The number of aromatic nitrogens is 1. The van der Waals surface area contributed by atoms with E-state index in [-0.39, 0.29) is 22.0 Å². The second kappa shape index (κ2) is 9.60. The van der Waals surface area contributed by atoms with E-state index in [1.165, 1.54) is 19.2 Å². The quantitative estimate of drug-likeness (QED) is 0.534. The number of benzene rings is 2. The van der Waals surface area contributed by atoms with E-state index in [4.69, 9.17) is 16.3 Å². The van der Waals surface area contributed by atoms with E-state index >= 15 is 0 Å². The van der Waals surface area contributed by atoms with Gasteiger partial charge in [-0.2, -0.15) is 13.2 Å². The number of nitrogens with zero attached hydrogens (tertiary/aromatic N) is 3. The van der Waals surface area contributed by atoms with E-state index in [1.807, 2.05) is 24.1 Å². The van der Waals surface area contributed by atoms with Gasteiger partial charge in [-0.25, -0.2) is 0 Å². The minimum Gasteiger partial charge on any atom is -0.496 e. The molecule has 0 unspecified atom stereocenters. The number of halogens is 4. The zero-order valence-corrected chi connectivity index (χ0v) is 19.5. The van der Waals surface area contributed by atoms with Crippen molar-refractivity contribution in [3.63, 3.8) is 0 Å². The lowest BCUT2D eigenvalue weighted by Gasteiger charge is -2.34. The van der Waals surface area contributed by atoms with Crippen molar-refractivity contribution in [1.82, 2.24) is 9.47 Å². The first-order valence-electron chi connectivity index (χ1n) is 10.6. The molecule has 2 aromatic carbocycles. The number of nitrogens with one attached hydrogen (secondary N) is 1. The summed E-state index contributed by atoms with van der Waals surface area (Å²) < 4.78 is 48.8. The molecule has 3 aromatic rings. The van der Waals surface area contributed by atoms with Crippen LogP contribution < -0.4 is 15.0 Å². The van der Waals surface area contributed by atoms with E-state index in [0.717, 1.165) is 19.2 Å². The van der Waals surface area contributed by atoms with Crippen molar-refractivity contribution >= 4 is 28.9 Å². The number of carbonyl (C=O) groups excluding carboxylic acids is 1. The van der Waals surface area contributed by atoms with Crippen LogP contribution in [0.5, 0.6) is 5.75 Å². The van der Waals surface area contributed by atoms with Crippen molar-refractivity contribution in [3.8, 4) is 11.4 Å². The zero-order valence-electron chi connectivity index (χ0n) is 18.7. The fourth-order valence-electron chi connectivity index (χ4n) is 3.91. The molecule has 1 N–H and O–H groups in total. The van der Waals surface area contributed by atoms with Crippen molar-refractivity contribution in [2.75, 3.05) is 50.6 Å². The van der Waals surface area contributed by atoms with Crippen LogP contribution in [0.1, 0.15) is 15.9 Å². The average molecular weight is 493 g/mol. The molecule has 1 aliphatic heterocycles. The van der Waals surface area contributed by atoms with Crippen LogP contribution in [0.4, 0.5) is 24.5 Å². The van der Waals surface area contributed by atoms with Gasteiger partial charge in [-0.1, -0.05) is 11.6 Å². The summed E-state index contributed by atoms with van der Waals surface area (Å²) in [5.74, 6) is -0.566. The van der Waals surface area contributed by atoms with Crippen LogP contribution in [-0.2, 0) is 6.18 Å². The molecular weight excluding hydrogens is 469 g/mol. The number of hydrogen-bond donors (Lipinski definition) is 1. The predicted octanol–water partition coefficient (Wildman–Crippen LogP) is 5.16. The van der Waals surface area contributed by atoms with Gasteiger partial charge in [0, 0.05) is 50.3 Å². The van der Waals surface area contributed by atoms with Gasteiger partial charge in [0.25, 0.3) is 5.91 Å². The molecule has 0 spiro atoms. The molecule has 2 heterocycles. The molecule has 0 atom stereocenters. The standard InChI is InChI=1S/C24H24ClF3N4O2/c1-30-9-11-31(12-10-30)16-5-6-20(18(13-16)24(26,27)28)29-23(33)17-14-19(25)21(15-22(17)34-2)32-7-3-4-8-32/h3-8,13-15H,9-12H2,1-2H3,(H,29,33). The third-order valence-electron chi connectivity index (χ3n) is 5.82. The highest BCUT2D eigenvalue weighted by molar-refractivity contribution is 6.33. The maximum Gasteiger partial charge on any atom is 0.418 e. The second-order valence-corrected chi connectivity index (χ2v) is 8.47. The van der Waals surface area contributed by atoms with Crippen molar-refractivity contribution in [1.29, 1.82) is 0 Å². The van der Waals surface area contributed by atoms with Gasteiger partial charge < -0.3 is 24.4 Å². The maximum absolute atomic E-state index is 13.9. The molecule has 1 aliphatic rings. The molecule has 0 aliphatic carbocycles. The molecule has 10 heteroatoms. The highest BCUT2D eigenvalue weighted by atomic mass is 35.5. The number of anilines is 2. The van der Waals surface area contributed by atoms with Crippen LogP contribution >= 0.6 is 11.6 Å². The number of alkyl halides is 3. The van der Waals surface area contributed by atoms with E-state index < -0.39 is 17.6 Å². The number of amides is 1. The highest BCUT2D eigenvalue weighted by Crippen LogP contribution is 2.38. The Morgan fingerprint density at radius 2 is 1.74 bits per heavy atom. The Morgan fingerprint density at radius 1 is 1.06 bits per heavy atom. The summed E-state index contributed by atoms with van der Waals surface area (Å²) in [5, 5.41) is 2.65. The Hall–Kier alpha value is -3.17. The summed E-state index contributed by atoms with van der Waals surface area (Å²) in [5.41, 5.74) is -0.170. The largest absolute Gasteiger partial charge is 0.496 e. The van der Waals surface area contributed by atoms with Crippen LogP contribution in [0, 0.1) is 0 Å². The second-order valence-electron chi connectivity index (χ2n) is 8.07. The molecule has 1 aromatic heterocycles. The normalized spacial score (nSPS) is 14.8. The Labute approximate surface area is 200 Å². The first kappa shape index (κ1) is 24.0. The molecule has 0 saturated carbocycles. The predicted molar refractivity (Wildman–Crippen MR) is 126 cm³/mol. The molecule has 4 rings (SSSR count). The first-order valence-corrected chi connectivity index (χ1v) is 11.0. The van der Waals surface area contributed by atoms with Gasteiger partial charge in [0.05, 0.1) is 34.6 Å². The lowest BCUT2D eigenvalue weighted by molar-refractivity contribution is -0.136. The van der Waals surface area contributed by atoms with Gasteiger partial charge in [0.1, 0.15) is 5.75 Å². The van der Waals surface area contributed by atoms with Gasteiger partial charge in [0.2, 0.25) is 0 Å². The summed E-state index contributed by atoms with van der Waals surface area (Å²) in [7, 11) is 3.36. The van der Waals surface area contributed by atoms with E-state index in [1.54, 1.807) is 29.1 Å². The molecule has 1 fully saturated rings. The molecule has 1 amide bonds. The lowest BCUT2D eigenvalue weighted by atomic mass is 10.1. The van der Waals surface area contributed by atoms with Crippen molar-refractivity contribution in [2.45, 2.75) is 6.18 Å². The molecule has 0 bridgehead atoms. The molecular formula is C24H24ClF3N4O2. The number of piperazine rings is 1. The molecule has 34 heavy (non-hydrogen) atoms. The lowest BCUT2D eigenvalue weighted by Crippen LogP contribution is -2.44. The zero-order chi connectivity index (χ0) is 24.5. The van der Waals surface area contributed by atoms with Crippen LogP contribution in [0.3, 0.4) is 0 Å². The minimum absolute atomic E-state index is 0.0275. The summed E-state index contributed by atoms with van der Waals surface area (Å²) in [6.07, 6.45) is -1.10. The van der Waals surface area contributed by atoms with Gasteiger partial charge >= 0.3 is 6.18 Å². The van der Waals surface area contributed by atoms with Crippen molar-refractivity contribution < 1.29 is 22.7 Å². The van der Waals surface area contributed by atoms with E-state index in [9.17, 15) is 18.0 Å². The minimum atomic E-state index is -4.65. The van der Waals surface area contributed by atoms with Crippen LogP contribution in [0.25, 0.3) is 5.69 Å². The Bertz CT molecular complexity index is 1170. The summed E-state index contributed by atoms with van der Waals surface area (Å²) >= 11 is 6.37. The molecule has 0 radical (unpaired) electrons. The third-order valence-corrected chi connectivity index (χ3v) is 6.12. The van der Waals surface area contributed by atoms with Crippen molar-refractivity contribution in [2.24, 2.45) is 0 Å².